The summed E-state index contributed by atoms with van der Waals surface area (Å²) in [5, 5.41) is 1.29. The van der Waals surface area contributed by atoms with Crippen LogP contribution in [0.2, 0.25) is 0 Å². The van der Waals surface area contributed by atoms with Gasteiger partial charge in [0.2, 0.25) is 0 Å². The lowest BCUT2D eigenvalue weighted by Crippen LogP contribution is -1.97. The molecule has 0 atom stereocenters. The van der Waals surface area contributed by atoms with Gasteiger partial charge < -0.3 is 4.57 Å². The average molecular weight is 267 g/mol. The first-order valence-electron chi connectivity index (χ1n) is 7.04. The Balaban J connectivity index is 2.74. The predicted molar refractivity (Wildman–Crippen MR) is 84.4 cm³/mol. The van der Waals surface area contributed by atoms with E-state index in [-0.39, 0.29) is 0 Å². The molecule has 0 bridgehead atoms. The molecule has 0 spiro atoms. The molecule has 0 aliphatic rings. The maximum atomic E-state index is 4.73. The fraction of sp³-hybridized carbons (Fsp3) is 0.412. The third-order valence-electron chi connectivity index (χ3n) is 4.73. The Hall–Kier alpha value is -1.90. The highest BCUT2D eigenvalue weighted by molar-refractivity contribution is 6.10. The molecule has 3 rings (SSSR count). The van der Waals surface area contributed by atoms with E-state index in [9.17, 15) is 0 Å². The van der Waals surface area contributed by atoms with Crippen LogP contribution in [0.1, 0.15) is 33.8 Å². The fourth-order valence-corrected chi connectivity index (χ4v) is 3.40. The molecule has 0 aliphatic carbocycles. The highest BCUT2D eigenvalue weighted by Gasteiger charge is 2.19. The lowest BCUT2D eigenvalue weighted by atomic mass is 9.95. The Labute approximate surface area is 119 Å². The lowest BCUT2D eigenvalue weighted by molar-refractivity contribution is 0.968. The molecule has 0 radical (unpaired) electrons. The molecule has 0 unspecified atom stereocenters. The van der Waals surface area contributed by atoms with E-state index in [0.717, 1.165) is 22.6 Å². The number of hydrogen-bond donors (Lipinski definition) is 0. The molecule has 104 valence electrons. The first-order valence-corrected chi connectivity index (χ1v) is 7.04. The highest BCUT2D eigenvalue weighted by Crippen LogP contribution is 2.36. The number of nitrogens with zero attached hydrogens (tertiary/aromatic N) is 3. The number of fused-ring (bicyclic) bond motifs is 3. The molecule has 0 aliphatic heterocycles. The Bertz CT molecular complexity index is 870. The third kappa shape index (κ3) is 1.46. The van der Waals surface area contributed by atoms with Gasteiger partial charge in [-0.3, -0.25) is 0 Å². The van der Waals surface area contributed by atoms with Crippen LogP contribution < -0.4 is 0 Å². The van der Waals surface area contributed by atoms with Crippen LogP contribution in [-0.4, -0.2) is 14.5 Å². The van der Waals surface area contributed by atoms with Crippen LogP contribution in [0.15, 0.2) is 0 Å². The van der Waals surface area contributed by atoms with Crippen LogP contribution in [0.5, 0.6) is 0 Å². The van der Waals surface area contributed by atoms with Gasteiger partial charge in [-0.2, -0.15) is 0 Å². The molecule has 0 saturated carbocycles. The summed E-state index contributed by atoms with van der Waals surface area (Å²) in [6.45, 7) is 12.9. The highest BCUT2D eigenvalue weighted by atomic mass is 15.0. The summed E-state index contributed by atoms with van der Waals surface area (Å²) in [5.41, 5.74) is 10.0. The van der Waals surface area contributed by atoms with Crippen molar-refractivity contribution in [2.75, 3.05) is 0 Å². The first kappa shape index (κ1) is 13.1. The number of aryl methyl sites for hydroxylation is 5. The molecule has 1 aromatic carbocycles. The van der Waals surface area contributed by atoms with Gasteiger partial charge in [0.25, 0.3) is 0 Å². The van der Waals surface area contributed by atoms with Crippen molar-refractivity contribution in [2.24, 2.45) is 7.05 Å². The number of rotatable bonds is 0. The Morgan fingerprint density at radius 3 is 1.95 bits per heavy atom. The molecule has 0 fully saturated rings. The Kier molecular flexibility index (Phi) is 2.65. The zero-order valence-electron chi connectivity index (χ0n) is 13.3. The number of hydrogen-bond acceptors (Lipinski definition) is 2. The minimum Gasteiger partial charge on any atom is -0.341 e. The van der Waals surface area contributed by atoms with E-state index in [2.05, 4.69) is 51.2 Å². The average Bonchev–Trinajstić information content (AvgIpc) is 2.67. The first-order chi connectivity index (χ1) is 9.34. The minimum atomic E-state index is 0.845. The lowest BCUT2D eigenvalue weighted by Gasteiger charge is -2.12. The van der Waals surface area contributed by atoms with Crippen molar-refractivity contribution in [3.63, 3.8) is 0 Å². The quantitative estimate of drug-likeness (QED) is 0.617. The van der Waals surface area contributed by atoms with Gasteiger partial charge in [0.1, 0.15) is 11.3 Å². The molecule has 0 amide bonds. The zero-order valence-corrected chi connectivity index (χ0v) is 13.3. The van der Waals surface area contributed by atoms with E-state index < -0.39 is 0 Å². The van der Waals surface area contributed by atoms with Gasteiger partial charge in [0.05, 0.1) is 16.7 Å². The summed E-state index contributed by atoms with van der Waals surface area (Å²) < 4.78 is 2.26. The molecule has 3 nitrogen and oxygen atoms in total. The summed E-state index contributed by atoms with van der Waals surface area (Å²) >= 11 is 0. The maximum absolute atomic E-state index is 4.73. The third-order valence-corrected chi connectivity index (χ3v) is 4.73. The summed E-state index contributed by atoms with van der Waals surface area (Å²) in [7, 11) is 2.12. The second kappa shape index (κ2) is 4.05. The molecule has 3 aromatic rings. The molecular formula is C17H21N3. The number of benzene rings is 1. The van der Waals surface area contributed by atoms with E-state index in [0.29, 0.717) is 0 Å². The van der Waals surface area contributed by atoms with Crippen molar-refractivity contribution in [3.05, 3.63) is 33.8 Å². The van der Waals surface area contributed by atoms with E-state index in [1.165, 1.54) is 33.2 Å². The van der Waals surface area contributed by atoms with E-state index in [1.807, 2.05) is 6.92 Å². The number of aromatic nitrogens is 3. The standard InChI is InChI=1S/C17H21N3/c1-8-9(2)11(4)16-14(10(8)3)15-17(20(16)7)12(5)18-13(6)19-15/h1-7H3. The van der Waals surface area contributed by atoms with E-state index >= 15 is 0 Å². The van der Waals surface area contributed by atoms with Gasteiger partial charge >= 0.3 is 0 Å². The summed E-state index contributed by atoms with van der Waals surface area (Å²) in [4.78, 5) is 9.26. The van der Waals surface area contributed by atoms with Crippen LogP contribution >= 0.6 is 0 Å². The minimum absolute atomic E-state index is 0.845. The van der Waals surface area contributed by atoms with Gasteiger partial charge in [-0.25, -0.2) is 9.97 Å². The van der Waals surface area contributed by atoms with Crippen molar-refractivity contribution < 1.29 is 0 Å². The van der Waals surface area contributed by atoms with Crippen LogP contribution in [0, 0.1) is 41.5 Å². The Morgan fingerprint density at radius 1 is 0.700 bits per heavy atom. The van der Waals surface area contributed by atoms with Crippen LogP contribution in [0.3, 0.4) is 0 Å². The van der Waals surface area contributed by atoms with Crippen molar-refractivity contribution in [3.8, 4) is 0 Å². The maximum Gasteiger partial charge on any atom is 0.126 e. The van der Waals surface area contributed by atoms with Gasteiger partial charge in [0.15, 0.2) is 0 Å². The van der Waals surface area contributed by atoms with Gasteiger partial charge in [-0.1, -0.05) is 0 Å². The van der Waals surface area contributed by atoms with E-state index in [1.54, 1.807) is 0 Å². The van der Waals surface area contributed by atoms with Crippen LogP contribution in [0.25, 0.3) is 21.9 Å². The molecular weight excluding hydrogens is 246 g/mol. The second-order valence-corrected chi connectivity index (χ2v) is 5.84. The Morgan fingerprint density at radius 2 is 1.30 bits per heavy atom. The van der Waals surface area contributed by atoms with Gasteiger partial charge in [-0.15, -0.1) is 0 Å². The normalized spacial score (nSPS) is 11.8. The summed E-state index contributed by atoms with van der Waals surface area (Å²) in [6, 6.07) is 0. The second-order valence-electron chi connectivity index (χ2n) is 5.84. The zero-order chi connectivity index (χ0) is 14.8. The van der Waals surface area contributed by atoms with Crippen molar-refractivity contribution in [1.82, 2.24) is 14.5 Å². The van der Waals surface area contributed by atoms with Crippen molar-refractivity contribution in [2.45, 2.75) is 41.5 Å². The molecule has 0 N–H and O–H groups in total. The summed E-state index contributed by atoms with van der Waals surface area (Å²) in [6.07, 6.45) is 0. The van der Waals surface area contributed by atoms with E-state index in [4.69, 9.17) is 4.98 Å². The van der Waals surface area contributed by atoms with Crippen LogP contribution in [-0.2, 0) is 7.05 Å². The monoisotopic (exact) mass is 267 g/mol. The molecule has 0 saturated heterocycles. The largest absolute Gasteiger partial charge is 0.341 e. The molecule has 3 heteroatoms. The SMILES string of the molecule is Cc1nc(C)c2c(n1)c1c(C)c(C)c(C)c(C)c1n2C. The smallest absolute Gasteiger partial charge is 0.126 e. The van der Waals surface area contributed by atoms with Crippen LogP contribution in [0.4, 0.5) is 0 Å². The molecule has 2 aromatic heterocycles. The van der Waals surface area contributed by atoms with Crippen molar-refractivity contribution >= 4 is 21.9 Å². The van der Waals surface area contributed by atoms with Crippen molar-refractivity contribution in [1.29, 1.82) is 0 Å². The predicted octanol–water partition coefficient (Wildman–Crippen LogP) is 3.97. The topological polar surface area (TPSA) is 30.7 Å². The summed E-state index contributed by atoms with van der Waals surface area (Å²) in [5.74, 6) is 0.845. The molecule has 20 heavy (non-hydrogen) atoms. The van der Waals surface area contributed by atoms with Gasteiger partial charge in [-0.05, 0) is 63.8 Å². The van der Waals surface area contributed by atoms with Gasteiger partial charge in [0, 0.05) is 12.4 Å². The fourth-order valence-electron chi connectivity index (χ4n) is 3.40. The molecule has 2 heterocycles.